The fourth-order valence-electron chi connectivity index (χ4n) is 5.57. The van der Waals surface area contributed by atoms with E-state index in [1.807, 2.05) is 0 Å². The monoisotopic (exact) mass is 454 g/mol. The highest BCUT2D eigenvalue weighted by Crippen LogP contribution is 2.34. The van der Waals surface area contributed by atoms with Crippen LogP contribution in [0.3, 0.4) is 0 Å². The van der Waals surface area contributed by atoms with Crippen molar-refractivity contribution in [2.45, 2.75) is 33.4 Å². The Hall–Kier alpha value is -4.04. The van der Waals surface area contributed by atoms with Gasteiger partial charge in [0.1, 0.15) is 0 Å². The van der Waals surface area contributed by atoms with Crippen LogP contribution in [-0.4, -0.2) is 9.13 Å². The van der Waals surface area contributed by atoms with Crippen molar-refractivity contribution >= 4 is 21.8 Å². The third kappa shape index (κ3) is 3.85. The lowest BCUT2D eigenvalue weighted by Crippen LogP contribution is -2.04. The molecule has 0 aliphatic rings. The molecule has 0 saturated carbocycles. The van der Waals surface area contributed by atoms with Gasteiger partial charge in [0, 0.05) is 52.7 Å². The maximum absolute atomic E-state index is 2.48. The molecule has 172 valence electrons. The quantitative estimate of drug-likeness (QED) is 0.242. The van der Waals surface area contributed by atoms with Crippen molar-refractivity contribution in [2.75, 3.05) is 0 Å². The predicted octanol–water partition coefficient (Wildman–Crippen LogP) is 7.90. The SMILES string of the molecule is Cc1c(Cc2c(C)n(Cc3ccccc3)c3ccccc23)c2ccccc2n1Cc1ccccc1. The number of aromatic nitrogens is 2. The van der Waals surface area contributed by atoms with Crippen molar-refractivity contribution in [3.63, 3.8) is 0 Å². The summed E-state index contributed by atoms with van der Waals surface area (Å²) >= 11 is 0. The van der Waals surface area contributed by atoms with Gasteiger partial charge in [-0.25, -0.2) is 0 Å². The normalized spacial score (nSPS) is 11.5. The van der Waals surface area contributed by atoms with Crippen LogP contribution in [0.5, 0.6) is 0 Å². The molecule has 2 heteroatoms. The minimum Gasteiger partial charge on any atom is -0.340 e. The molecule has 4 aromatic carbocycles. The highest BCUT2D eigenvalue weighted by atomic mass is 15.0. The first kappa shape index (κ1) is 21.5. The molecule has 0 bridgehead atoms. The fraction of sp³-hybridized carbons (Fsp3) is 0.152. The van der Waals surface area contributed by atoms with Crippen LogP contribution in [0.4, 0.5) is 0 Å². The Kier molecular flexibility index (Phi) is 5.50. The highest BCUT2D eigenvalue weighted by molar-refractivity contribution is 5.89. The zero-order chi connectivity index (χ0) is 23.8. The van der Waals surface area contributed by atoms with E-state index in [1.165, 1.54) is 55.4 Å². The van der Waals surface area contributed by atoms with Crippen molar-refractivity contribution in [1.29, 1.82) is 0 Å². The van der Waals surface area contributed by atoms with Crippen molar-refractivity contribution in [2.24, 2.45) is 0 Å². The molecule has 2 nitrogen and oxygen atoms in total. The molecule has 0 aliphatic heterocycles. The Balaban J connectivity index is 1.47. The molecule has 6 rings (SSSR count). The summed E-state index contributed by atoms with van der Waals surface area (Å²) in [5.41, 5.74) is 10.9. The minimum atomic E-state index is 0.891. The van der Waals surface area contributed by atoms with Crippen LogP contribution in [-0.2, 0) is 19.5 Å². The Morgan fingerprint density at radius 1 is 0.457 bits per heavy atom. The molecule has 0 spiro atoms. The lowest BCUT2D eigenvalue weighted by atomic mass is 9.99. The second kappa shape index (κ2) is 8.96. The molecule has 0 aliphatic carbocycles. The topological polar surface area (TPSA) is 9.86 Å². The zero-order valence-corrected chi connectivity index (χ0v) is 20.4. The number of rotatable bonds is 6. The first-order valence-electron chi connectivity index (χ1n) is 12.4. The number of hydrogen-bond donors (Lipinski definition) is 0. The summed E-state index contributed by atoms with van der Waals surface area (Å²) in [6.45, 7) is 6.36. The summed E-state index contributed by atoms with van der Waals surface area (Å²) in [6.07, 6.45) is 0.933. The summed E-state index contributed by atoms with van der Waals surface area (Å²) in [5, 5.41) is 2.72. The maximum atomic E-state index is 2.48. The van der Waals surface area contributed by atoms with Crippen molar-refractivity contribution < 1.29 is 0 Å². The standard InChI is InChI=1S/C33H30N2/c1-24-30(28-17-9-11-19-32(28)34(24)22-26-13-5-3-6-14-26)21-31-25(2)35(23-27-15-7-4-8-16-27)33-20-12-10-18-29(31)33/h3-20H,21-23H2,1-2H3. The van der Waals surface area contributed by atoms with Gasteiger partial charge in [-0.15, -0.1) is 0 Å². The molecule has 0 saturated heterocycles. The van der Waals surface area contributed by atoms with Gasteiger partial charge in [0.15, 0.2) is 0 Å². The second-order valence-electron chi connectivity index (χ2n) is 9.48. The molecule has 6 aromatic rings. The van der Waals surface area contributed by atoms with Gasteiger partial charge in [0.05, 0.1) is 0 Å². The van der Waals surface area contributed by atoms with E-state index in [9.17, 15) is 0 Å². The second-order valence-corrected chi connectivity index (χ2v) is 9.48. The van der Waals surface area contributed by atoms with Gasteiger partial charge in [-0.05, 0) is 48.2 Å². The predicted molar refractivity (Wildman–Crippen MR) is 147 cm³/mol. The Morgan fingerprint density at radius 3 is 1.26 bits per heavy atom. The Morgan fingerprint density at radius 2 is 0.829 bits per heavy atom. The largest absolute Gasteiger partial charge is 0.340 e. The Labute approximate surface area is 207 Å². The van der Waals surface area contributed by atoms with Crippen LogP contribution in [0, 0.1) is 13.8 Å². The van der Waals surface area contributed by atoms with Crippen LogP contribution in [0.25, 0.3) is 21.8 Å². The molecule has 0 radical (unpaired) electrons. The summed E-state index contributed by atoms with van der Waals surface area (Å²) in [7, 11) is 0. The van der Waals surface area contributed by atoms with Gasteiger partial charge < -0.3 is 9.13 Å². The number of hydrogen-bond acceptors (Lipinski definition) is 0. The van der Waals surface area contributed by atoms with Crippen molar-refractivity contribution in [1.82, 2.24) is 9.13 Å². The van der Waals surface area contributed by atoms with E-state index in [2.05, 4.69) is 132 Å². The fourth-order valence-corrected chi connectivity index (χ4v) is 5.57. The molecular formula is C33H30N2. The van der Waals surface area contributed by atoms with Crippen LogP contribution in [0.2, 0.25) is 0 Å². The van der Waals surface area contributed by atoms with E-state index < -0.39 is 0 Å². The summed E-state index contributed by atoms with van der Waals surface area (Å²) in [6, 6.07) is 39.3. The number of nitrogens with zero attached hydrogens (tertiary/aromatic N) is 2. The lowest BCUT2D eigenvalue weighted by molar-refractivity contribution is 0.790. The highest BCUT2D eigenvalue weighted by Gasteiger charge is 2.19. The van der Waals surface area contributed by atoms with E-state index >= 15 is 0 Å². The minimum absolute atomic E-state index is 0.891. The number of fused-ring (bicyclic) bond motifs is 2. The molecular weight excluding hydrogens is 424 g/mol. The molecule has 2 heterocycles. The van der Waals surface area contributed by atoms with Gasteiger partial charge in [-0.3, -0.25) is 0 Å². The first-order chi connectivity index (χ1) is 17.2. The van der Waals surface area contributed by atoms with Gasteiger partial charge in [0.25, 0.3) is 0 Å². The summed E-state index contributed by atoms with van der Waals surface area (Å²) in [4.78, 5) is 0. The number of benzene rings is 4. The van der Waals surface area contributed by atoms with Crippen molar-refractivity contribution in [3.8, 4) is 0 Å². The molecule has 0 N–H and O–H groups in total. The van der Waals surface area contributed by atoms with Gasteiger partial charge in [-0.2, -0.15) is 0 Å². The summed E-state index contributed by atoms with van der Waals surface area (Å²) in [5.74, 6) is 0. The molecule has 0 atom stereocenters. The van der Waals surface area contributed by atoms with E-state index in [1.54, 1.807) is 0 Å². The van der Waals surface area contributed by atoms with Gasteiger partial charge in [0.2, 0.25) is 0 Å². The van der Waals surface area contributed by atoms with Crippen LogP contribution in [0.15, 0.2) is 109 Å². The number of para-hydroxylation sites is 2. The van der Waals surface area contributed by atoms with E-state index in [-0.39, 0.29) is 0 Å². The average Bonchev–Trinajstić information content (AvgIpc) is 3.32. The lowest BCUT2D eigenvalue weighted by Gasteiger charge is -2.10. The molecule has 0 fully saturated rings. The third-order valence-corrected chi connectivity index (χ3v) is 7.44. The van der Waals surface area contributed by atoms with Crippen LogP contribution >= 0.6 is 0 Å². The molecule has 35 heavy (non-hydrogen) atoms. The molecule has 2 aromatic heterocycles. The van der Waals surface area contributed by atoms with E-state index in [0.29, 0.717) is 0 Å². The maximum Gasteiger partial charge on any atom is 0.0488 e. The third-order valence-electron chi connectivity index (χ3n) is 7.44. The van der Waals surface area contributed by atoms with Crippen LogP contribution < -0.4 is 0 Å². The molecule has 0 amide bonds. The smallest absolute Gasteiger partial charge is 0.0488 e. The van der Waals surface area contributed by atoms with Gasteiger partial charge in [-0.1, -0.05) is 97.1 Å². The summed E-state index contributed by atoms with van der Waals surface area (Å²) < 4.78 is 4.97. The molecule has 0 unspecified atom stereocenters. The average molecular weight is 455 g/mol. The van der Waals surface area contributed by atoms with E-state index in [4.69, 9.17) is 0 Å². The van der Waals surface area contributed by atoms with Crippen LogP contribution in [0.1, 0.15) is 33.6 Å². The zero-order valence-electron chi connectivity index (χ0n) is 20.4. The first-order valence-corrected chi connectivity index (χ1v) is 12.4. The van der Waals surface area contributed by atoms with Gasteiger partial charge >= 0.3 is 0 Å². The van der Waals surface area contributed by atoms with E-state index in [0.717, 1.165) is 19.5 Å². The Bertz CT molecular complexity index is 1500. The van der Waals surface area contributed by atoms with Crippen molar-refractivity contribution in [3.05, 3.63) is 143 Å².